The predicted octanol–water partition coefficient (Wildman–Crippen LogP) is 4.31. The van der Waals surface area contributed by atoms with Crippen molar-refractivity contribution in [3.63, 3.8) is 0 Å². The fraction of sp³-hybridized carbons (Fsp3) is 0.500. The number of pyridine rings is 1. The van der Waals surface area contributed by atoms with Crippen LogP contribution in [-0.2, 0) is 11.0 Å². The lowest BCUT2D eigenvalue weighted by Crippen LogP contribution is -2.39. The van der Waals surface area contributed by atoms with E-state index in [4.69, 9.17) is 4.98 Å². The Morgan fingerprint density at radius 3 is 2.75 bits per heavy atom. The first-order valence-corrected chi connectivity index (χ1v) is 10.7. The van der Waals surface area contributed by atoms with Crippen LogP contribution in [0.3, 0.4) is 0 Å². The van der Waals surface area contributed by atoms with Crippen LogP contribution in [0.1, 0.15) is 61.0 Å². The van der Waals surface area contributed by atoms with Gasteiger partial charge in [-0.2, -0.15) is 13.2 Å². The summed E-state index contributed by atoms with van der Waals surface area (Å²) in [5.74, 6) is 1.53. The van der Waals surface area contributed by atoms with Gasteiger partial charge in [-0.05, 0) is 37.8 Å². The highest BCUT2D eigenvalue weighted by Crippen LogP contribution is 2.40. The molecule has 2 fully saturated rings. The molecule has 170 valence electrons. The number of nitrogens with one attached hydrogen (secondary N) is 1. The number of carbonyl (C=O) groups excluding carboxylic acids is 1. The SMILES string of the molecule is CN=CCC(=O)N1CCCC(c2cc(Nc3cc(C(F)(F)F)ccn3)nc(C3CC3)n2)C1. The quantitative estimate of drug-likeness (QED) is 0.669. The molecule has 1 atom stereocenters. The number of alkyl halides is 3. The van der Waals surface area contributed by atoms with E-state index in [1.807, 2.05) is 4.90 Å². The third-order valence-corrected chi connectivity index (χ3v) is 5.69. The predicted molar refractivity (Wildman–Crippen MR) is 114 cm³/mol. The zero-order chi connectivity index (χ0) is 22.7. The molecular weight excluding hydrogens is 421 g/mol. The average molecular weight is 446 g/mol. The number of hydrogen-bond donors (Lipinski definition) is 1. The van der Waals surface area contributed by atoms with E-state index in [9.17, 15) is 18.0 Å². The maximum Gasteiger partial charge on any atom is 0.416 e. The Labute approximate surface area is 184 Å². The van der Waals surface area contributed by atoms with Crippen LogP contribution in [0.5, 0.6) is 0 Å². The lowest BCUT2D eigenvalue weighted by Gasteiger charge is -2.32. The first-order valence-electron chi connectivity index (χ1n) is 10.7. The Kier molecular flexibility index (Phi) is 6.38. The minimum atomic E-state index is -4.45. The van der Waals surface area contributed by atoms with Gasteiger partial charge in [0.1, 0.15) is 17.5 Å². The van der Waals surface area contributed by atoms with Gasteiger partial charge in [0.2, 0.25) is 5.91 Å². The van der Waals surface area contributed by atoms with Crippen molar-refractivity contribution in [1.29, 1.82) is 0 Å². The fourth-order valence-electron chi connectivity index (χ4n) is 3.83. The van der Waals surface area contributed by atoms with Crippen LogP contribution in [0.15, 0.2) is 29.4 Å². The summed E-state index contributed by atoms with van der Waals surface area (Å²) in [5.41, 5.74) is 0.0294. The Morgan fingerprint density at radius 2 is 2.03 bits per heavy atom. The number of likely N-dealkylation sites (tertiary alicyclic amines) is 1. The second-order valence-electron chi connectivity index (χ2n) is 8.19. The van der Waals surface area contributed by atoms with Gasteiger partial charge < -0.3 is 15.2 Å². The Balaban J connectivity index is 1.57. The maximum absolute atomic E-state index is 13.0. The monoisotopic (exact) mass is 446 g/mol. The van der Waals surface area contributed by atoms with E-state index in [2.05, 4.69) is 20.3 Å². The number of hydrogen-bond acceptors (Lipinski definition) is 6. The minimum absolute atomic E-state index is 0.0308. The molecule has 1 unspecified atom stereocenters. The van der Waals surface area contributed by atoms with Crippen molar-refractivity contribution in [3.05, 3.63) is 41.5 Å². The summed E-state index contributed by atoms with van der Waals surface area (Å²) in [7, 11) is 1.64. The third kappa shape index (κ3) is 5.41. The van der Waals surface area contributed by atoms with Crippen molar-refractivity contribution in [1.82, 2.24) is 19.9 Å². The Morgan fingerprint density at radius 1 is 1.22 bits per heavy atom. The molecule has 2 aliphatic rings. The summed E-state index contributed by atoms with van der Waals surface area (Å²) in [6.45, 7) is 1.26. The van der Waals surface area contributed by atoms with Crippen LogP contribution >= 0.6 is 0 Å². The molecule has 1 N–H and O–H groups in total. The summed E-state index contributed by atoms with van der Waals surface area (Å²) in [6.07, 6.45) is 2.29. The van der Waals surface area contributed by atoms with Crippen LogP contribution in [-0.4, -0.2) is 52.1 Å². The average Bonchev–Trinajstić information content (AvgIpc) is 3.62. The largest absolute Gasteiger partial charge is 0.416 e. The smallest absolute Gasteiger partial charge is 0.342 e. The number of rotatable bonds is 6. The zero-order valence-corrected chi connectivity index (χ0v) is 17.8. The van der Waals surface area contributed by atoms with Gasteiger partial charge in [-0.1, -0.05) is 0 Å². The highest BCUT2D eigenvalue weighted by atomic mass is 19.4. The molecule has 2 aromatic rings. The molecule has 0 aromatic carbocycles. The summed E-state index contributed by atoms with van der Waals surface area (Å²) in [4.78, 5) is 31.4. The Bertz CT molecular complexity index is 1010. The second-order valence-corrected chi connectivity index (χ2v) is 8.19. The lowest BCUT2D eigenvalue weighted by molar-refractivity contribution is -0.137. The number of nitrogens with zero attached hydrogens (tertiary/aromatic N) is 5. The molecule has 2 aromatic heterocycles. The molecule has 32 heavy (non-hydrogen) atoms. The first kappa shape index (κ1) is 22.2. The van der Waals surface area contributed by atoms with E-state index < -0.39 is 11.7 Å². The molecule has 0 radical (unpaired) electrons. The molecule has 1 saturated heterocycles. The standard InChI is InChI=1S/C22H25F3N6O/c1-26-8-7-20(32)31-10-2-3-15(13-31)17-12-19(30-21(28-17)14-4-5-14)29-18-11-16(6-9-27-18)22(23,24)25/h6,8-9,11-12,14-15H,2-5,7,10,13H2,1H3,(H,27,28,29,30). The van der Waals surface area contributed by atoms with E-state index in [1.54, 1.807) is 19.3 Å². The number of aromatic nitrogens is 3. The molecular formula is C22H25F3N6O. The van der Waals surface area contributed by atoms with Crippen molar-refractivity contribution >= 4 is 23.8 Å². The summed E-state index contributed by atoms with van der Waals surface area (Å²) in [6, 6.07) is 3.66. The zero-order valence-electron chi connectivity index (χ0n) is 17.8. The van der Waals surface area contributed by atoms with Crippen LogP contribution in [0.2, 0.25) is 0 Å². The maximum atomic E-state index is 13.0. The number of amides is 1. The molecule has 1 aliphatic carbocycles. The summed E-state index contributed by atoms with van der Waals surface area (Å²) < 4.78 is 39.1. The summed E-state index contributed by atoms with van der Waals surface area (Å²) in [5, 5.41) is 2.92. The first-order chi connectivity index (χ1) is 15.3. The molecule has 0 bridgehead atoms. The second kappa shape index (κ2) is 9.22. The molecule has 1 saturated carbocycles. The van der Waals surface area contributed by atoms with Crippen molar-refractivity contribution in [3.8, 4) is 0 Å². The van der Waals surface area contributed by atoms with E-state index in [0.29, 0.717) is 24.7 Å². The van der Waals surface area contributed by atoms with Crippen LogP contribution < -0.4 is 5.32 Å². The number of aliphatic imine (C=N–C) groups is 1. The van der Waals surface area contributed by atoms with Gasteiger partial charge in [-0.15, -0.1) is 0 Å². The van der Waals surface area contributed by atoms with E-state index in [-0.39, 0.29) is 30.0 Å². The normalized spacial score (nSPS) is 19.4. The van der Waals surface area contributed by atoms with Gasteiger partial charge in [0.05, 0.1) is 17.7 Å². The van der Waals surface area contributed by atoms with Crippen molar-refractivity contribution in [2.45, 2.75) is 50.1 Å². The van der Waals surface area contributed by atoms with Crippen LogP contribution in [0.25, 0.3) is 0 Å². The van der Waals surface area contributed by atoms with E-state index in [1.165, 1.54) is 0 Å². The van der Waals surface area contributed by atoms with Gasteiger partial charge in [0.15, 0.2) is 0 Å². The number of anilines is 2. The molecule has 7 nitrogen and oxygen atoms in total. The number of piperidine rings is 1. The fourth-order valence-corrected chi connectivity index (χ4v) is 3.83. The van der Waals surface area contributed by atoms with Crippen molar-refractivity contribution < 1.29 is 18.0 Å². The van der Waals surface area contributed by atoms with Gasteiger partial charge >= 0.3 is 6.18 Å². The lowest BCUT2D eigenvalue weighted by atomic mass is 9.94. The van der Waals surface area contributed by atoms with E-state index in [0.717, 1.165) is 49.7 Å². The van der Waals surface area contributed by atoms with Gasteiger partial charge in [-0.3, -0.25) is 4.79 Å². The molecule has 3 heterocycles. The van der Waals surface area contributed by atoms with E-state index >= 15 is 0 Å². The molecule has 10 heteroatoms. The topological polar surface area (TPSA) is 83.4 Å². The Hall–Kier alpha value is -3.04. The van der Waals surface area contributed by atoms with Crippen LogP contribution in [0, 0.1) is 0 Å². The third-order valence-electron chi connectivity index (χ3n) is 5.69. The molecule has 4 rings (SSSR count). The van der Waals surface area contributed by atoms with Crippen molar-refractivity contribution in [2.75, 3.05) is 25.5 Å². The molecule has 1 aliphatic heterocycles. The van der Waals surface area contributed by atoms with Crippen molar-refractivity contribution in [2.24, 2.45) is 4.99 Å². The highest BCUT2D eigenvalue weighted by molar-refractivity contribution is 5.89. The van der Waals surface area contributed by atoms with Gasteiger partial charge in [0.25, 0.3) is 0 Å². The minimum Gasteiger partial charge on any atom is -0.342 e. The number of halogens is 3. The molecule has 0 spiro atoms. The van der Waals surface area contributed by atoms with Gasteiger partial charge in [0, 0.05) is 50.5 Å². The summed E-state index contributed by atoms with van der Waals surface area (Å²) >= 11 is 0. The molecule has 1 amide bonds. The van der Waals surface area contributed by atoms with Crippen LogP contribution in [0.4, 0.5) is 24.8 Å². The van der Waals surface area contributed by atoms with Gasteiger partial charge in [-0.25, -0.2) is 15.0 Å². The highest BCUT2D eigenvalue weighted by Gasteiger charge is 2.32. The number of carbonyl (C=O) groups is 1.